The van der Waals surface area contributed by atoms with Gasteiger partial charge in [0.2, 0.25) is 0 Å². The van der Waals surface area contributed by atoms with Crippen LogP contribution in [0.4, 0.5) is 0 Å². The Labute approximate surface area is 150 Å². The van der Waals surface area contributed by atoms with E-state index in [9.17, 15) is 0 Å². The molecule has 1 aliphatic rings. The van der Waals surface area contributed by atoms with E-state index in [0.29, 0.717) is 6.04 Å². The summed E-state index contributed by atoms with van der Waals surface area (Å²) in [7, 11) is 3.51. The minimum atomic E-state index is 0.0180. The molecule has 25 heavy (non-hydrogen) atoms. The van der Waals surface area contributed by atoms with Gasteiger partial charge in [-0.3, -0.25) is 4.98 Å². The highest BCUT2D eigenvalue weighted by molar-refractivity contribution is 5.84. The number of benzene rings is 1. The summed E-state index contributed by atoms with van der Waals surface area (Å²) >= 11 is 0. The summed E-state index contributed by atoms with van der Waals surface area (Å²) in [6, 6.07) is 8.46. The van der Waals surface area contributed by atoms with Crippen LogP contribution in [-0.2, 0) is 4.74 Å². The minimum Gasteiger partial charge on any atom is -0.497 e. The third kappa shape index (κ3) is 3.65. The lowest BCUT2D eigenvalue weighted by atomic mass is 9.77. The Kier molecular flexibility index (Phi) is 5.92. The lowest BCUT2D eigenvalue weighted by Gasteiger charge is -2.39. The van der Waals surface area contributed by atoms with Gasteiger partial charge in [-0.15, -0.1) is 0 Å². The summed E-state index contributed by atoms with van der Waals surface area (Å²) in [6.07, 6.45) is 5.53. The molecule has 3 rings (SSSR count). The third-order valence-corrected chi connectivity index (χ3v) is 5.82. The van der Waals surface area contributed by atoms with E-state index in [4.69, 9.17) is 9.47 Å². The zero-order chi connectivity index (χ0) is 17.8. The van der Waals surface area contributed by atoms with Crippen LogP contribution in [-0.4, -0.2) is 31.8 Å². The summed E-state index contributed by atoms with van der Waals surface area (Å²) in [5.74, 6) is 2.38. The van der Waals surface area contributed by atoms with E-state index in [2.05, 4.69) is 36.3 Å². The molecule has 1 aliphatic heterocycles. The van der Waals surface area contributed by atoms with Gasteiger partial charge in [-0.25, -0.2) is 0 Å². The van der Waals surface area contributed by atoms with E-state index in [1.165, 1.54) is 18.4 Å². The lowest BCUT2D eigenvalue weighted by Crippen LogP contribution is -2.47. The first-order valence-corrected chi connectivity index (χ1v) is 9.40. The monoisotopic (exact) mass is 342 g/mol. The average molecular weight is 342 g/mol. The van der Waals surface area contributed by atoms with Crippen LogP contribution in [0.25, 0.3) is 10.9 Å². The van der Waals surface area contributed by atoms with Gasteiger partial charge in [0.15, 0.2) is 0 Å². The number of nitrogens with zero attached hydrogens (tertiary/aromatic N) is 1. The number of piperidine rings is 1. The molecule has 0 saturated carbocycles. The molecule has 0 unspecified atom stereocenters. The molecule has 1 N–H and O–H groups in total. The molecule has 2 aromatic rings. The van der Waals surface area contributed by atoms with Crippen LogP contribution in [0, 0.1) is 11.8 Å². The summed E-state index contributed by atoms with van der Waals surface area (Å²) in [6.45, 7) is 5.68. The second-order valence-electron chi connectivity index (χ2n) is 7.03. The van der Waals surface area contributed by atoms with E-state index in [1.54, 1.807) is 7.11 Å². The number of hydrogen-bond donors (Lipinski definition) is 1. The van der Waals surface area contributed by atoms with Crippen molar-refractivity contribution < 1.29 is 9.47 Å². The Balaban J connectivity index is 1.94. The number of ether oxygens (including phenoxy) is 2. The summed E-state index contributed by atoms with van der Waals surface area (Å²) in [5.41, 5.74) is 2.17. The SMILES string of the molecule is CC[C@H]1CN[C@H]([C@H](OC)c2ccnc3ccc(OC)cc23)C[C@@H]1CC. The zero-order valence-corrected chi connectivity index (χ0v) is 15.8. The second kappa shape index (κ2) is 8.15. The Morgan fingerprint density at radius 1 is 1.16 bits per heavy atom. The van der Waals surface area contributed by atoms with Gasteiger partial charge >= 0.3 is 0 Å². The Morgan fingerprint density at radius 3 is 2.64 bits per heavy atom. The number of hydrogen-bond acceptors (Lipinski definition) is 4. The van der Waals surface area contributed by atoms with Gasteiger partial charge in [0.1, 0.15) is 5.75 Å². The molecule has 136 valence electrons. The molecule has 4 heteroatoms. The maximum atomic E-state index is 5.99. The van der Waals surface area contributed by atoms with Crippen LogP contribution in [0.5, 0.6) is 5.75 Å². The highest BCUT2D eigenvalue weighted by Gasteiger charge is 2.33. The number of rotatable bonds is 6. The van der Waals surface area contributed by atoms with Crippen molar-refractivity contribution in [1.82, 2.24) is 10.3 Å². The standard InChI is InChI=1S/C21H30N2O2/c1-5-14-11-20(23-13-15(14)6-2)21(25-4)17-9-10-22-19-8-7-16(24-3)12-18(17)19/h7-10,12,14-15,20-21,23H,5-6,11,13H2,1-4H3/t14-,15-,20-,21+/m0/s1. The third-order valence-electron chi connectivity index (χ3n) is 5.82. The van der Waals surface area contributed by atoms with Crippen LogP contribution in [0.3, 0.4) is 0 Å². The van der Waals surface area contributed by atoms with Gasteiger partial charge in [-0.1, -0.05) is 26.7 Å². The quantitative estimate of drug-likeness (QED) is 0.848. The first-order valence-electron chi connectivity index (χ1n) is 9.40. The first-order chi connectivity index (χ1) is 12.2. The molecule has 0 bridgehead atoms. The Hall–Kier alpha value is -1.65. The number of fused-ring (bicyclic) bond motifs is 1. The summed E-state index contributed by atoms with van der Waals surface area (Å²) < 4.78 is 11.4. The zero-order valence-electron chi connectivity index (χ0n) is 15.8. The van der Waals surface area contributed by atoms with Crippen molar-refractivity contribution in [3.8, 4) is 5.75 Å². The average Bonchev–Trinajstić information content (AvgIpc) is 2.68. The van der Waals surface area contributed by atoms with Crippen molar-refractivity contribution in [3.63, 3.8) is 0 Å². The maximum Gasteiger partial charge on any atom is 0.119 e. The number of methoxy groups -OCH3 is 2. The number of aromatic nitrogens is 1. The molecule has 1 fully saturated rings. The van der Waals surface area contributed by atoms with Gasteiger partial charge in [0, 0.05) is 24.7 Å². The normalized spacial score (nSPS) is 25.0. The van der Waals surface area contributed by atoms with Gasteiger partial charge in [-0.2, -0.15) is 0 Å². The van der Waals surface area contributed by atoms with Crippen LogP contribution < -0.4 is 10.1 Å². The van der Waals surface area contributed by atoms with Crippen molar-refractivity contribution in [3.05, 3.63) is 36.0 Å². The molecule has 0 spiro atoms. The van der Waals surface area contributed by atoms with E-state index in [-0.39, 0.29) is 6.10 Å². The number of pyridine rings is 1. The molecule has 2 heterocycles. The fraction of sp³-hybridized carbons (Fsp3) is 0.571. The smallest absolute Gasteiger partial charge is 0.119 e. The molecule has 1 aromatic heterocycles. The molecule has 0 amide bonds. The van der Waals surface area contributed by atoms with Crippen molar-refractivity contribution in [2.24, 2.45) is 11.8 Å². The predicted octanol–water partition coefficient (Wildman–Crippen LogP) is 4.35. The fourth-order valence-electron chi connectivity index (χ4n) is 4.31. The largest absolute Gasteiger partial charge is 0.497 e. The topological polar surface area (TPSA) is 43.4 Å². The van der Waals surface area contributed by atoms with E-state index < -0.39 is 0 Å². The number of nitrogens with one attached hydrogen (secondary N) is 1. The van der Waals surface area contributed by atoms with Crippen LogP contribution in [0.1, 0.15) is 44.8 Å². The van der Waals surface area contributed by atoms with E-state index >= 15 is 0 Å². The molecular weight excluding hydrogens is 312 g/mol. The van der Waals surface area contributed by atoms with Crippen LogP contribution in [0.2, 0.25) is 0 Å². The second-order valence-corrected chi connectivity index (χ2v) is 7.03. The molecule has 0 radical (unpaired) electrons. The predicted molar refractivity (Wildman–Crippen MR) is 102 cm³/mol. The fourth-order valence-corrected chi connectivity index (χ4v) is 4.31. The van der Waals surface area contributed by atoms with Crippen molar-refractivity contribution in [2.45, 2.75) is 45.3 Å². The lowest BCUT2D eigenvalue weighted by molar-refractivity contribution is 0.0374. The van der Waals surface area contributed by atoms with Crippen LogP contribution >= 0.6 is 0 Å². The van der Waals surface area contributed by atoms with Crippen LogP contribution in [0.15, 0.2) is 30.5 Å². The van der Waals surface area contributed by atoms with Crippen molar-refractivity contribution in [2.75, 3.05) is 20.8 Å². The van der Waals surface area contributed by atoms with E-state index in [0.717, 1.165) is 41.5 Å². The van der Waals surface area contributed by atoms with Crippen molar-refractivity contribution in [1.29, 1.82) is 0 Å². The molecule has 1 aromatic carbocycles. The molecular formula is C21H30N2O2. The van der Waals surface area contributed by atoms with Gasteiger partial charge in [-0.05, 0) is 54.6 Å². The van der Waals surface area contributed by atoms with Gasteiger partial charge in [0.05, 0.1) is 18.7 Å². The molecule has 0 aliphatic carbocycles. The van der Waals surface area contributed by atoms with Crippen molar-refractivity contribution >= 4 is 10.9 Å². The Bertz CT molecular complexity index is 703. The molecule has 1 saturated heterocycles. The van der Waals surface area contributed by atoms with Gasteiger partial charge < -0.3 is 14.8 Å². The first kappa shape index (κ1) is 18.2. The molecule has 4 atom stereocenters. The highest BCUT2D eigenvalue weighted by Crippen LogP contribution is 2.36. The molecule has 4 nitrogen and oxygen atoms in total. The van der Waals surface area contributed by atoms with Gasteiger partial charge in [0.25, 0.3) is 0 Å². The summed E-state index contributed by atoms with van der Waals surface area (Å²) in [5, 5.41) is 4.86. The van der Waals surface area contributed by atoms with E-state index in [1.807, 2.05) is 25.4 Å². The highest BCUT2D eigenvalue weighted by atomic mass is 16.5. The maximum absolute atomic E-state index is 5.99. The summed E-state index contributed by atoms with van der Waals surface area (Å²) in [4.78, 5) is 4.50. The Morgan fingerprint density at radius 2 is 1.96 bits per heavy atom. The minimum absolute atomic E-state index is 0.0180.